The van der Waals surface area contributed by atoms with Crippen molar-refractivity contribution in [3.05, 3.63) is 29.3 Å². The van der Waals surface area contributed by atoms with Gasteiger partial charge < -0.3 is 10.2 Å². The molecule has 0 saturated heterocycles. The standard InChI is InChI=1S/C18H26N2O/c1-13(2)12-20(16-5-3-4-6-16)18(21)15-8-7-14-9-10-19-17(14)11-15/h7-8,11,13,16,19H,3-6,9-10,12H2,1-2H3. The highest BCUT2D eigenvalue weighted by Gasteiger charge is 2.28. The second kappa shape index (κ2) is 6.08. The third kappa shape index (κ3) is 3.07. The van der Waals surface area contributed by atoms with Crippen LogP contribution in [0.5, 0.6) is 0 Å². The van der Waals surface area contributed by atoms with Crippen LogP contribution < -0.4 is 5.32 Å². The van der Waals surface area contributed by atoms with E-state index >= 15 is 0 Å². The number of hydrogen-bond donors (Lipinski definition) is 1. The van der Waals surface area contributed by atoms with Gasteiger partial charge in [0.25, 0.3) is 5.91 Å². The zero-order valence-corrected chi connectivity index (χ0v) is 13.2. The molecule has 3 rings (SSSR count). The minimum Gasteiger partial charge on any atom is -0.384 e. The molecule has 3 nitrogen and oxygen atoms in total. The van der Waals surface area contributed by atoms with Gasteiger partial charge in [0, 0.05) is 30.4 Å². The molecule has 21 heavy (non-hydrogen) atoms. The molecule has 0 spiro atoms. The number of fused-ring (bicyclic) bond motifs is 1. The first-order chi connectivity index (χ1) is 10.1. The van der Waals surface area contributed by atoms with Crippen LogP contribution in [0.4, 0.5) is 5.69 Å². The minimum absolute atomic E-state index is 0.215. The Hall–Kier alpha value is -1.51. The van der Waals surface area contributed by atoms with Crippen LogP contribution in [-0.4, -0.2) is 29.9 Å². The lowest BCUT2D eigenvalue weighted by Crippen LogP contribution is -2.41. The average Bonchev–Trinajstić information content (AvgIpc) is 3.13. The molecule has 0 atom stereocenters. The summed E-state index contributed by atoms with van der Waals surface area (Å²) in [6, 6.07) is 6.62. The fourth-order valence-corrected chi connectivity index (χ4v) is 3.60. The van der Waals surface area contributed by atoms with Crippen LogP contribution in [0, 0.1) is 5.92 Å². The van der Waals surface area contributed by atoms with Crippen LogP contribution in [0.15, 0.2) is 18.2 Å². The Kier molecular flexibility index (Phi) is 4.18. The number of anilines is 1. The van der Waals surface area contributed by atoms with E-state index in [1.54, 1.807) is 0 Å². The predicted molar refractivity (Wildman–Crippen MR) is 86.8 cm³/mol. The van der Waals surface area contributed by atoms with Crippen LogP contribution in [-0.2, 0) is 6.42 Å². The maximum atomic E-state index is 13.0. The second-order valence-corrected chi connectivity index (χ2v) is 6.84. The summed E-state index contributed by atoms with van der Waals surface area (Å²) >= 11 is 0. The topological polar surface area (TPSA) is 32.3 Å². The highest BCUT2D eigenvalue weighted by molar-refractivity contribution is 5.95. The molecule has 1 N–H and O–H groups in total. The molecule has 3 heteroatoms. The molecule has 1 amide bonds. The van der Waals surface area contributed by atoms with Gasteiger partial charge in [-0.15, -0.1) is 0 Å². The summed E-state index contributed by atoms with van der Waals surface area (Å²) in [5, 5.41) is 3.37. The summed E-state index contributed by atoms with van der Waals surface area (Å²) < 4.78 is 0. The third-order valence-corrected chi connectivity index (χ3v) is 4.65. The van der Waals surface area contributed by atoms with E-state index in [-0.39, 0.29) is 5.91 Å². The summed E-state index contributed by atoms with van der Waals surface area (Å²) in [6.45, 7) is 6.25. The van der Waals surface area contributed by atoms with Gasteiger partial charge in [-0.2, -0.15) is 0 Å². The summed E-state index contributed by atoms with van der Waals surface area (Å²) in [4.78, 5) is 15.1. The second-order valence-electron chi connectivity index (χ2n) is 6.84. The van der Waals surface area contributed by atoms with Crippen molar-refractivity contribution in [2.75, 3.05) is 18.4 Å². The van der Waals surface area contributed by atoms with Crippen LogP contribution in [0.25, 0.3) is 0 Å². The Labute approximate surface area is 127 Å². The number of nitrogens with zero attached hydrogens (tertiary/aromatic N) is 1. The number of carbonyl (C=O) groups is 1. The molecule has 0 radical (unpaired) electrons. The number of carbonyl (C=O) groups excluding carboxylic acids is 1. The minimum atomic E-state index is 0.215. The smallest absolute Gasteiger partial charge is 0.254 e. The quantitative estimate of drug-likeness (QED) is 0.915. The molecule has 1 aliphatic carbocycles. The molecule has 1 aromatic rings. The Morgan fingerprint density at radius 2 is 2.10 bits per heavy atom. The summed E-state index contributed by atoms with van der Waals surface area (Å²) in [6.07, 6.45) is 5.93. The predicted octanol–water partition coefficient (Wildman–Crippen LogP) is 3.70. The van der Waals surface area contributed by atoms with Gasteiger partial charge in [-0.25, -0.2) is 0 Å². The first-order valence-electron chi connectivity index (χ1n) is 8.33. The van der Waals surface area contributed by atoms with E-state index in [0.717, 1.165) is 30.8 Å². The number of nitrogens with one attached hydrogen (secondary N) is 1. The fraction of sp³-hybridized carbons (Fsp3) is 0.611. The van der Waals surface area contributed by atoms with Crippen molar-refractivity contribution in [2.45, 2.75) is 52.0 Å². The molecular formula is C18H26N2O. The lowest BCUT2D eigenvalue weighted by molar-refractivity contribution is 0.0655. The Balaban J connectivity index is 1.82. The van der Waals surface area contributed by atoms with Crippen LogP contribution in [0.2, 0.25) is 0 Å². The molecule has 1 saturated carbocycles. The van der Waals surface area contributed by atoms with Crippen LogP contribution >= 0.6 is 0 Å². The van der Waals surface area contributed by atoms with Gasteiger partial charge in [0.05, 0.1) is 0 Å². The Morgan fingerprint density at radius 1 is 1.33 bits per heavy atom. The maximum absolute atomic E-state index is 13.0. The van der Waals surface area contributed by atoms with Crippen molar-refractivity contribution < 1.29 is 4.79 Å². The molecule has 114 valence electrons. The van der Waals surface area contributed by atoms with Gasteiger partial charge in [0.1, 0.15) is 0 Å². The lowest BCUT2D eigenvalue weighted by atomic mass is 10.1. The van der Waals surface area contributed by atoms with Gasteiger partial charge in [-0.1, -0.05) is 32.8 Å². The molecule has 2 aliphatic rings. The van der Waals surface area contributed by atoms with Crippen molar-refractivity contribution in [2.24, 2.45) is 5.92 Å². The molecular weight excluding hydrogens is 260 g/mol. The largest absolute Gasteiger partial charge is 0.384 e. The average molecular weight is 286 g/mol. The third-order valence-electron chi connectivity index (χ3n) is 4.65. The lowest BCUT2D eigenvalue weighted by Gasteiger charge is -2.31. The van der Waals surface area contributed by atoms with E-state index in [1.165, 1.54) is 31.2 Å². The molecule has 0 unspecified atom stereocenters. The van der Waals surface area contributed by atoms with Gasteiger partial charge in [0.15, 0.2) is 0 Å². The number of hydrogen-bond acceptors (Lipinski definition) is 2. The number of rotatable bonds is 4. The van der Waals surface area contributed by atoms with Crippen molar-refractivity contribution >= 4 is 11.6 Å². The highest BCUT2D eigenvalue weighted by atomic mass is 16.2. The molecule has 0 bridgehead atoms. The fourth-order valence-electron chi connectivity index (χ4n) is 3.60. The van der Waals surface area contributed by atoms with E-state index in [1.807, 2.05) is 12.1 Å². The van der Waals surface area contributed by atoms with E-state index in [0.29, 0.717) is 12.0 Å². The highest BCUT2D eigenvalue weighted by Crippen LogP contribution is 2.28. The number of benzene rings is 1. The van der Waals surface area contributed by atoms with Gasteiger partial charge in [0.2, 0.25) is 0 Å². The van der Waals surface area contributed by atoms with E-state index in [9.17, 15) is 4.79 Å². The van der Waals surface area contributed by atoms with E-state index < -0.39 is 0 Å². The molecule has 0 aromatic heterocycles. The van der Waals surface area contributed by atoms with Crippen LogP contribution in [0.3, 0.4) is 0 Å². The van der Waals surface area contributed by atoms with E-state index in [2.05, 4.69) is 30.1 Å². The SMILES string of the molecule is CC(C)CN(C(=O)c1ccc2c(c1)NCC2)C1CCCC1. The molecule has 1 heterocycles. The Morgan fingerprint density at radius 3 is 2.81 bits per heavy atom. The van der Waals surface area contributed by atoms with Crippen LogP contribution in [0.1, 0.15) is 55.5 Å². The van der Waals surface area contributed by atoms with Gasteiger partial charge >= 0.3 is 0 Å². The summed E-state index contributed by atoms with van der Waals surface area (Å²) in [5.41, 5.74) is 3.33. The van der Waals surface area contributed by atoms with E-state index in [4.69, 9.17) is 0 Å². The maximum Gasteiger partial charge on any atom is 0.254 e. The monoisotopic (exact) mass is 286 g/mol. The van der Waals surface area contributed by atoms with Crippen molar-refractivity contribution in [1.82, 2.24) is 4.90 Å². The first kappa shape index (κ1) is 14.4. The van der Waals surface area contributed by atoms with Crippen molar-refractivity contribution in [3.63, 3.8) is 0 Å². The normalized spacial score (nSPS) is 17.9. The Bertz CT molecular complexity index is 518. The van der Waals surface area contributed by atoms with Gasteiger partial charge in [-0.05, 0) is 42.9 Å². The van der Waals surface area contributed by atoms with Crippen molar-refractivity contribution in [3.8, 4) is 0 Å². The van der Waals surface area contributed by atoms with Crippen molar-refractivity contribution in [1.29, 1.82) is 0 Å². The van der Waals surface area contributed by atoms with Gasteiger partial charge in [-0.3, -0.25) is 4.79 Å². The molecule has 1 aromatic carbocycles. The zero-order chi connectivity index (χ0) is 14.8. The molecule has 1 fully saturated rings. The zero-order valence-electron chi connectivity index (χ0n) is 13.2. The molecule has 1 aliphatic heterocycles. The summed E-state index contributed by atoms with van der Waals surface area (Å²) in [5.74, 6) is 0.731. The number of amides is 1. The first-order valence-corrected chi connectivity index (χ1v) is 8.33. The summed E-state index contributed by atoms with van der Waals surface area (Å²) in [7, 11) is 0.